The normalized spacial score (nSPS) is 23.8. The van der Waals surface area contributed by atoms with E-state index in [-0.39, 0.29) is 11.9 Å². The van der Waals surface area contributed by atoms with Gasteiger partial charge >= 0.3 is 0 Å². The average Bonchev–Trinajstić information content (AvgIpc) is 3.15. The van der Waals surface area contributed by atoms with E-state index in [1.54, 1.807) is 6.33 Å². The van der Waals surface area contributed by atoms with Crippen LogP contribution < -0.4 is 16.0 Å². The molecule has 0 unspecified atom stereocenters. The van der Waals surface area contributed by atoms with Crippen LogP contribution in [-0.4, -0.2) is 52.9 Å². The first kappa shape index (κ1) is 15.4. The van der Waals surface area contributed by atoms with Crippen molar-refractivity contribution in [1.29, 1.82) is 0 Å². The van der Waals surface area contributed by atoms with Gasteiger partial charge in [0, 0.05) is 26.1 Å². The van der Waals surface area contributed by atoms with Gasteiger partial charge in [0.1, 0.15) is 12.2 Å². The second kappa shape index (κ2) is 6.75. The van der Waals surface area contributed by atoms with E-state index in [0.29, 0.717) is 12.0 Å². The van der Waals surface area contributed by atoms with Gasteiger partial charge in [-0.25, -0.2) is 0 Å². The Kier molecular flexibility index (Phi) is 4.73. The molecule has 1 atom stereocenters. The SMILES string of the molecule is CCn1cnnc1CCNC(=O)[C@H]1CC2(CCNCC2)CN1. The average molecular weight is 306 g/mol. The Labute approximate surface area is 131 Å². The van der Waals surface area contributed by atoms with Gasteiger partial charge in [0.25, 0.3) is 0 Å². The number of aryl methyl sites for hydroxylation is 1. The summed E-state index contributed by atoms with van der Waals surface area (Å²) in [6, 6.07) is -0.0397. The van der Waals surface area contributed by atoms with Crippen molar-refractivity contribution < 1.29 is 4.79 Å². The Morgan fingerprint density at radius 1 is 1.50 bits per heavy atom. The van der Waals surface area contributed by atoms with Crippen LogP contribution in [0.3, 0.4) is 0 Å². The number of hydrogen-bond donors (Lipinski definition) is 3. The van der Waals surface area contributed by atoms with Crippen LogP contribution >= 0.6 is 0 Å². The summed E-state index contributed by atoms with van der Waals surface area (Å²) in [7, 11) is 0. The van der Waals surface area contributed by atoms with Crippen LogP contribution in [0.4, 0.5) is 0 Å². The lowest BCUT2D eigenvalue weighted by molar-refractivity contribution is -0.122. The van der Waals surface area contributed by atoms with E-state index < -0.39 is 0 Å². The number of amides is 1. The highest BCUT2D eigenvalue weighted by Gasteiger charge is 2.41. The van der Waals surface area contributed by atoms with Crippen molar-refractivity contribution >= 4 is 5.91 Å². The largest absolute Gasteiger partial charge is 0.354 e. The van der Waals surface area contributed by atoms with Gasteiger partial charge in [0.2, 0.25) is 5.91 Å². The highest BCUT2D eigenvalue weighted by molar-refractivity contribution is 5.82. The fourth-order valence-electron chi connectivity index (χ4n) is 3.60. The topological polar surface area (TPSA) is 83.9 Å². The van der Waals surface area contributed by atoms with Gasteiger partial charge in [-0.2, -0.15) is 0 Å². The van der Waals surface area contributed by atoms with Crippen molar-refractivity contribution in [2.75, 3.05) is 26.2 Å². The third-order valence-corrected chi connectivity index (χ3v) is 5.03. The van der Waals surface area contributed by atoms with Gasteiger partial charge in [-0.15, -0.1) is 10.2 Å². The third-order valence-electron chi connectivity index (χ3n) is 5.03. The molecule has 1 aromatic heterocycles. The lowest BCUT2D eigenvalue weighted by Crippen LogP contribution is -2.41. The molecule has 2 fully saturated rings. The second-order valence-electron chi connectivity index (χ2n) is 6.46. The number of nitrogens with one attached hydrogen (secondary N) is 3. The van der Waals surface area contributed by atoms with E-state index >= 15 is 0 Å². The standard InChI is InChI=1S/C15H26N6O/c1-2-21-11-19-20-13(21)3-6-17-14(22)12-9-15(10-18-12)4-7-16-8-5-15/h11-12,16,18H,2-10H2,1H3,(H,17,22)/t12-/m1/s1. The van der Waals surface area contributed by atoms with E-state index in [1.165, 1.54) is 12.8 Å². The second-order valence-corrected chi connectivity index (χ2v) is 6.46. The number of piperidine rings is 1. The molecule has 2 aliphatic rings. The number of rotatable bonds is 5. The Bertz CT molecular complexity index is 508. The quantitative estimate of drug-likeness (QED) is 0.695. The summed E-state index contributed by atoms with van der Waals surface area (Å²) >= 11 is 0. The molecule has 1 aromatic rings. The molecule has 3 N–H and O–H groups in total. The van der Waals surface area contributed by atoms with Gasteiger partial charge in [0.05, 0.1) is 6.04 Å². The minimum absolute atomic E-state index is 0.0397. The summed E-state index contributed by atoms with van der Waals surface area (Å²) in [6.07, 6.45) is 5.76. The monoisotopic (exact) mass is 306 g/mol. The highest BCUT2D eigenvalue weighted by atomic mass is 16.2. The van der Waals surface area contributed by atoms with Crippen LogP contribution in [-0.2, 0) is 17.8 Å². The van der Waals surface area contributed by atoms with Gasteiger partial charge in [0.15, 0.2) is 0 Å². The molecular formula is C15H26N6O. The number of aromatic nitrogens is 3. The maximum absolute atomic E-state index is 12.3. The van der Waals surface area contributed by atoms with Crippen LogP contribution in [0.1, 0.15) is 32.0 Å². The molecule has 122 valence electrons. The number of nitrogens with zero attached hydrogens (tertiary/aromatic N) is 3. The van der Waals surface area contributed by atoms with E-state index in [2.05, 4.69) is 33.1 Å². The fraction of sp³-hybridized carbons (Fsp3) is 0.800. The smallest absolute Gasteiger partial charge is 0.237 e. The molecule has 0 radical (unpaired) electrons. The van der Waals surface area contributed by atoms with E-state index in [1.807, 2.05) is 4.57 Å². The lowest BCUT2D eigenvalue weighted by Gasteiger charge is -2.33. The van der Waals surface area contributed by atoms with Crippen LogP contribution in [0.25, 0.3) is 0 Å². The Morgan fingerprint density at radius 3 is 3.09 bits per heavy atom. The predicted octanol–water partition coefficient (Wildman–Crippen LogP) is -0.312. The summed E-state index contributed by atoms with van der Waals surface area (Å²) in [6.45, 7) is 6.65. The van der Waals surface area contributed by atoms with Crippen LogP contribution in [0.15, 0.2) is 6.33 Å². The molecule has 1 amide bonds. The Morgan fingerprint density at radius 2 is 2.32 bits per heavy atom. The molecule has 0 aliphatic carbocycles. The molecule has 22 heavy (non-hydrogen) atoms. The van der Waals surface area contributed by atoms with Crippen molar-refractivity contribution in [3.05, 3.63) is 12.2 Å². The van der Waals surface area contributed by atoms with Crippen molar-refractivity contribution in [3.8, 4) is 0 Å². The lowest BCUT2D eigenvalue weighted by atomic mass is 9.77. The van der Waals surface area contributed by atoms with Gasteiger partial charge in [-0.1, -0.05) is 0 Å². The molecule has 0 saturated carbocycles. The molecule has 3 heterocycles. The van der Waals surface area contributed by atoms with Crippen molar-refractivity contribution in [2.24, 2.45) is 5.41 Å². The molecule has 7 heteroatoms. The first-order valence-electron chi connectivity index (χ1n) is 8.31. The van der Waals surface area contributed by atoms with Crippen molar-refractivity contribution in [3.63, 3.8) is 0 Å². The Hall–Kier alpha value is -1.47. The number of carbonyl (C=O) groups excluding carboxylic acids is 1. The minimum Gasteiger partial charge on any atom is -0.354 e. The fourth-order valence-corrected chi connectivity index (χ4v) is 3.60. The van der Waals surface area contributed by atoms with Gasteiger partial charge < -0.3 is 20.5 Å². The van der Waals surface area contributed by atoms with Crippen molar-refractivity contribution in [2.45, 2.75) is 45.2 Å². The van der Waals surface area contributed by atoms with Gasteiger partial charge in [-0.05, 0) is 44.7 Å². The summed E-state index contributed by atoms with van der Waals surface area (Å²) in [5.41, 5.74) is 0.329. The van der Waals surface area contributed by atoms with Crippen LogP contribution in [0.2, 0.25) is 0 Å². The van der Waals surface area contributed by atoms with E-state index in [4.69, 9.17) is 0 Å². The predicted molar refractivity (Wildman–Crippen MR) is 83.4 cm³/mol. The van der Waals surface area contributed by atoms with Crippen molar-refractivity contribution in [1.82, 2.24) is 30.7 Å². The summed E-state index contributed by atoms with van der Waals surface area (Å²) < 4.78 is 2.00. The van der Waals surface area contributed by atoms with E-state index in [0.717, 1.165) is 44.8 Å². The molecule has 0 aromatic carbocycles. The molecule has 2 aliphatic heterocycles. The highest BCUT2D eigenvalue weighted by Crippen LogP contribution is 2.37. The first-order chi connectivity index (χ1) is 10.7. The summed E-state index contributed by atoms with van der Waals surface area (Å²) in [5, 5.41) is 17.8. The zero-order valence-electron chi connectivity index (χ0n) is 13.3. The Balaban J connectivity index is 1.45. The minimum atomic E-state index is -0.0397. The maximum atomic E-state index is 12.3. The van der Waals surface area contributed by atoms with Crippen LogP contribution in [0.5, 0.6) is 0 Å². The third kappa shape index (κ3) is 3.30. The first-order valence-corrected chi connectivity index (χ1v) is 8.31. The van der Waals surface area contributed by atoms with Gasteiger partial charge in [-0.3, -0.25) is 4.79 Å². The molecule has 0 bridgehead atoms. The molecule has 7 nitrogen and oxygen atoms in total. The molecule has 3 rings (SSSR count). The molecule has 1 spiro atoms. The van der Waals surface area contributed by atoms with Crippen LogP contribution in [0, 0.1) is 5.41 Å². The summed E-state index contributed by atoms with van der Waals surface area (Å²) in [5.74, 6) is 1.05. The number of hydrogen-bond acceptors (Lipinski definition) is 5. The molecule has 2 saturated heterocycles. The van der Waals surface area contributed by atoms with E-state index in [9.17, 15) is 4.79 Å². The summed E-state index contributed by atoms with van der Waals surface area (Å²) in [4.78, 5) is 12.3. The zero-order chi connectivity index (χ0) is 15.4. The zero-order valence-corrected chi connectivity index (χ0v) is 13.3. The molecular weight excluding hydrogens is 280 g/mol. The number of carbonyl (C=O) groups is 1. The maximum Gasteiger partial charge on any atom is 0.237 e.